The minimum Gasteiger partial charge on any atom is -0.404 e. The zero-order valence-corrected chi connectivity index (χ0v) is 16.8. The molecular weight excluding hydrogens is 366 g/mol. The van der Waals surface area contributed by atoms with Crippen molar-refractivity contribution in [2.45, 2.75) is 43.8 Å². The number of rotatable bonds is 5. The number of hydrogen-bond acceptors (Lipinski definition) is 6. The van der Waals surface area contributed by atoms with Crippen LogP contribution in [0.3, 0.4) is 0 Å². The Morgan fingerprint density at radius 3 is 2.86 bits per heavy atom. The number of allylic oxidation sites excluding steroid dienone is 4. The van der Waals surface area contributed by atoms with Crippen molar-refractivity contribution < 1.29 is 4.79 Å². The van der Waals surface area contributed by atoms with Crippen LogP contribution in [0.2, 0.25) is 0 Å². The second kappa shape index (κ2) is 8.65. The Morgan fingerprint density at radius 1 is 1.34 bits per heavy atom. The number of carbonyl (C=O) groups is 1. The number of aliphatic imine (C=N–C) groups is 2. The second-order valence-electron chi connectivity index (χ2n) is 8.03. The van der Waals surface area contributed by atoms with E-state index in [0.717, 1.165) is 42.8 Å². The van der Waals surface area contributed by atoms with Gasteiger partial charge in [0.2, 0.25) is 0 Å². The minimum absolute atomic E-state index is 0.125. The summed E-state index contributed by atoms with van der Waals surface area (Å²) in [5, 5.41) is 9.26. The SMILES string of the molecule is CN1CC(N=CC(=CN)C2=CC3NC(NC(=O)NC4CCCC4)=CC=C3N=C2)C1. The van der Waals surface area contributed by atoms with Gasteiger partial charge in [-0.3, -0.25) is 15.3 Å². The third kappa shape index (κ3) is 4.76. The average Bonchev–Trinajstić information content (AvgIpc) is 3.19. The molecule has 1 saturated carbocycles. The van der Waals surface area contributed by atoms with Gasteiger partial charge < -0.3 is 21.3 Å². The molecule has 3 aliphatic heterocycles. The number of carbonyl (C=O) groups excluding carboxylic acids is 1. The molecule has 1 unspecified atom stereocenters. The van der Waals surface area contributed by atoms with Crippen LogP contribution in [-0.2, 0) is 0 Å². The van der Waals surface area contributed by atoms with E-state index < -0.39 is 0 Å². The smallest absolute Gasteiger partial charge is 0.320 e. The van der Waals surface area contributed by atoms with Gasteiger partial charge in [-0.05, 0) is 38.1 Å². The predicted octanol–water partition coefficient (Wildman–Crippen LogP) is 1.16. The first kappa shape index (κ1) is 19.4. The van der Waals surface area contributed by atoms with Gasteiger partial charge in [0.25, 0.3) is 0 Å². The van der Waals surface area contributed by atoms with Crippen molar-refractivity contribution >= 4 is 18.5 Å². The monoisotopic (exact) mass is 395 g/mol. The molecule has 0 aromatic carbocycles. The van der Waals surface area contributed by atoms with E-state index in [1.54, 1.807) is 12.4 Å². The van der Waals surface area contributed by atoms with E-state index in [0.29, 0.717) is 11.9 Å². The highest BCUT2D eigenvalue weighted by molar-refractivity contribution is 5.99. The molecule has 4 aliphatic rings. The molecule has 1 aliphatic carbocycles. The first-order valence-corrected chi connectivity index (χ1v) is 10.3. The summed E-state index contributed by atoms with van der Waals surface area (Å²) in [6.45, 7) is 1.95. The van der Waals surface area contributed by atoms with Crippen molar-refractivity contribution in [1.29, 1.82) is 0 Å². The van der Waals surface area contributed by atoms with Gasteiger partial charge in [0, 0.05) is 48.9 Å². The van der Waals surface area contributed by atoms with Gasteiger partial charge in [-0.15, -0.1) is 0 Å². The van der Waals surface area contributed by atoms with Gasteiger partial charge in [-0.1, -0.05) is 12.8 Å². The van der Waals surface area contributed by atoms with Crippen molar-refractivity contribution in [2.24, 2.45) is 15.7 Å². The van der Waals surface area contributed by atoms with Gasteiger partial charge in [0.05, 0.1) is 17.8 Å². The molecule has 5 N–H and O–H groups in total. The molecule has 0 spiro atoms. The Labute approximate surface area is 171 Å². The van der Waals surface area contributed by atoms with Crippen LogP contribution in [0, 0.1) is 0 Å². The standard InChI is InChI=1S/C21H29N7O/c1-28-12-17(13-28)23-11-15(9-22)14-8-19-18(24-10-14)6-7-20(26-19)27-21(29)25-16-4-2-3-5-16/h6-11,16-17,19,26H,2-5,12-13,22H2,1H3,(H2,25,27,29). The molecule has 1 saturated heterocycles. The molecule has 0 aromatic heterocycles. The highest BCUT2D eigenvalue weighted by atomic mass is 16.2. The first-order chi connectivity index (χ1) is 14.1. The van der Waals surface area contributed by atoms with Crippen LogP contribution in [0.1, 0.15) is 25.7 Å². The summed E-state index contributed by atoms with van der Waals surface area (Å²) in [4.78, 5) is 23.6. The highest BCUT2D eigenvalue weighted by Crippen LogP contribution is 2.22. The molecule has 3 heterocycles. The van der Waals surface area contributed by atoms with Crippen molar-refractivity contribution in [2.75, 3.05) is 20.1 Å². The number of fused-ring (bicyclic) bond motifs is 1. The third-order valence-electron chi connectivity index (χ3n) is 5.67. The molecule has 2 fully saturated rings. The Balaban J connectivity index is 1.36. The largest absolute Gasteiger partial charge is 0.404 e. The summed E-state index contributed by atoms with van der Waals surface area (Å²) < 4.78 is 0. The van der Waals surface area contributed by atoms with Crippen LogP contribution in [0.25, 0.3) is 0 Å². The maximum Gasteiger partial charge on any atom is 0.320 e. The second-order valence-corrected chi connectivity index (χ2v) is 8.03. The summed E-state index contributed by atoms with van der Waals surface area (Å²) in [5.74, 6) is 0.659. The number of likely N-dealkylation sites (tertiary alicyclic amines) is 1. The van der Waals surface area contributed by atoms with E-state index in [-0.39, 0.29) is 18.1 Å². The van der Waals surface area contributed by atoms with Crippen LogP contribution in [-0.4, -0.2) is 61.6 Å². The Kier molecular flexibility index (Phi) is 5.80. The van der Waals surface area contributed by atoms with Crippen LogP contribution >= 0.6 is 0 Å². The number of nitrogens with two attached hydrogens (primary N) is 1. The molecule has 8 heteroatoms. The molecule has 0 radical (unpaired) electrons. The normalized spacial score (nSPS) is 25.6. The van der Waals surface area contributed by atoms with Crippen molar-refractivity contribution in [1.82, 2.24) is 20.9 Å². The van der Waals surface area contributed by atoms with E-state index in [4.69, 9.17) is 5.73 Å². The van der Waals surface area contributed by atoms with E-state index in [9.17, 15) is 4.79 Å². The van der Waals surface area contributed by atoms with Crippen LogP contribution in [0.15, 0.2) is 57.1 Å². The van der Waals surface area contributed by atoms with Gasteiger partial charge in [-0.25, -0.2) is 4.79 Å². The predicted molar refractivity (Wildman–Crippen MR) is 116 cm³/mol. The zero-order valence-electron chi connectivity index (χ0n) is 16.8. The fourth-order valence-corrected chi connectivity index (χ4v) is 4.00. The lowest BCUT2D eigenvalue weighted by molar-refractivity contribution is 0.194. The van der Waals surface area contributed by atoms with Crippen molar-refractivity contribution in [3.8, 4) is 0 Å². The lowest BCUT2D eigenvalue weighted by atomic mass is 10.00. The molecule has 4 rings (SSSR count). The molecule has 8 nitrogen and oxygen atoms in total. The van der Waals surface area contributed by atoms with E-state index in [1.807, 2.05) is 18.4 Å². The number of nitrogens with one attached hydrogen (secondary N) is 3. The summed E-state index contributed by atoms with van der Waals surface area (Å²) >= 11 is 0. The summed E-state index contributed by atoms with van der Waals surface area (Å²) in [7, 11) is 2.08. The molecule has 29 heavy (non-hydrogen) atoms. The van der Waals surface area contributed by atoms with Gasteiger partial charge in [-0.2, -0.15) is 0 Å². The summed E-state index contributed by atoms with van der Waals surface area (Å²) in [6.07, 6.45) is 15.5. The van der Waals surface area contributed by atoms with Crippen molar-refractivity contribution in [3.63, 3.8) is 0 Å². The van der Waals surface area contributed by atoms with Gasteiger partial charge >= 0.3 is 6.03 Å². The number of nitrogens with zero attached hydrogens (tertiary/aromatic N) is 3. The number of likely N-dealkylation sites (N-methyl/N-ethyl adjacent to an activating group) is 1. The maximum atomic E-state index is 12.2. The van der Waals surface area contributed by atoms with E-state index in [1.165, 1.54) is 12.8 Å². The number of dihydropyridines is 2. The third-order valence-corrected chi connectivity index (χ3v) is 5.67. The lowest BCUT2D eigenvalue weighted by Gasteiger charge is -2.33. The Bertz CT molecular complexity index is 824. The number of urea groups is 1. The van der Waals surface area contributed by atoms with Crippen LogP contribution in [0.5, 0.6) is 0 Å². The summed E-state index contributed by atoms with van der Waals surface area (Å²) in [6, 6.07) is 0.315. The fraction of sp³-hybridized carbons (Fsp3) is 0.476. The molecule has 1 atom stereocenters. The van der Waals surface area contributed by atoms with Crippen molar-refractivity contribution in [3.05, 3.63) is 47.1 Å². The Hall–Kier alpha value is -2.87. The molecule has 154 valence electrons. The number of hydrogen-bond donors (Lipinski definition) is 4. The zero-order chi connectivity index (χ0) is 20.2. The van der Waals surface area contributed by atoms with E-state index >= 15 is 0 Å². The average molecular weight is 396 g/mol. The summed E-state index contributed by atoms with van der Waals surface area (Å²) in [5.41, 5.74) is 8.48. The molecular formula is C21H29N7O. The number of amides is 2. The van der Waals surface area contributed by atoms with E-state index in [2.05, 4.69) is 44.0 Å². The fourth-order valence-electron chi connectivity index (χ4n) is 4.00. The molecule has 2 amide bonds. The quantitative estimate of drug-likeness (QED) is 0.524. The molecule has 0 aromatic rings. The van der Waals surface area contributed by atoms with Gasteiger partial charge in [0.15, 0.2) is 0 Å². The minimum atomic E-state index is -0.170. The lowest BCUT2D eigenvalue weighted by Crippen LogP contribution is -2.47. The highest BCUT2D eigenvalue weighted by Gasteiger charge is 2.24. The van der Waals surface area contributed by atoms with Crippen LogP contribution < -0.4 is 21.7 Å². The topological polar surface area (TPSA) is 107 Å². The first-order valence-electron chi connectivity index (χ1n) is 10.3. The van der Waals surface area contributed by atoms with Gasteiger partial charge in [0.1, 0.15) is 5.82 Å². The van der Waals surface area contributed by atoms with Crippen LogP contribution in [0.4, 0.5) is 4.79 Å². The maximum absolute atomic E-state index is 12.2. The molecule has 0 bridgehead atoms. The Morgan fingerprint density at radius 2 is 2.14 bits per heavy atom.